The molecule has 2 aliphatic rings. The molecule has 0 saturated carbocycles. The molecule has 0 aromatic heterocycles. The van der Waals surface area contributed by atoms with Crippen molar-refractivity contribution in [3.63, 3.8) is 0 Å². The van der Waals surface area contributed by atoms with E-state index in [9.17, 15) is 0 Å². The molecule has 0 aromatic carbocycles. The Kier molecular flexibility index (Phi) is 5.90. The van der Waals surface area contributed by atoms with Gasteiger partial charge in [0.05, 0.1) is 0 Å². The number of hydrogen-bond donors (Lipinski definition) is 1. The lowest BCUT2D eigenvalue weighted by Crippen LogP contribution is -2.44. The van der Waals surface area contributed by atoms with Crippen molar-refractivity contribution < 1.29 is 0 Å². The summed E-state index contributed by atoms with van der Waals surface area (Å²) in [5.74, 6) is 1.63. The molecular formula is C17H32N2. The fourth-order valence-electron chi connectivity index (χ4n) is 3.83. The average Bonchev–Trinajstić information content (AvgIpc) is 2.38. The van der Waals surface area contributed by atoms with Gasteiger partial charge in [-0.15, -0.1) is 0 Å². The maximum absolute atomic E-state index is 3.72. The number of piperidine rings is 1. The Hall–Kier alpha value is -0.340. The molecule has 1 N–H and O–H groups in total. The lowest BCUT2D eigenvalue weighted by Gasteiger charge is -2.33. The minimum atomic E-state index is 0.706. The van der Waals surface area contributed by atoms with Gasteiger partial charge in [-0.1, -0.05) is 25.0 Å². The quantitative estimate of drug-likeness (QED) is 0.765. The molecule has 110 valence electrons. The number of allylic oxidation sites excluding steroid dienone is 2. The van der Waals surface area contributed by atoms with E-state index in [0.717, 1.165) is 18.4 Å². The largest absolute Gasteiger partial charge is 0.315 e. The Morgan fingerprint density at radius 3 is 2.74 bits per heavy atom. The van der Waals surface area contributed by atoms with E-state index < -0.39 is 0 Å². The van der Waals surface area contributed by atoms with E-state index >= 15 is 0 Å². The van der Waals surface area contributed by atoms with Crippen LogP contribution in [0.5, 0.6) is 0 Å². The molecule has 0 radical (unpaired) electrons. The van der Waals surface area contributed by atoms with Gasteiger partial charge >= 0.3 is 0 Å². The molecule has 2 rings (SSSR count). The highest BCUT2D eigenvalue weighted by atomic mass is 15.2. The standard InChI is InChI=1S/C17H32N2/c1-14-9-15(2)11-17(10-14)13-18-12-16(3)19-7-5-4-6-8-19/h9,14,16-18H,4-8,10-13H2,1-3H3. The van der Waals surface area contributed by atoms with Crippen molar-refractivity contribution in [3.8, 4) is 0 Å². The summed E-state index contributed by atoms with van der Waals surface area (Å²) in [4.78, 5) is 2.66. The Bertz CT molecular complexity index is 292. The summed E-state index contributed by atoms with van der Waals surface area (Å²) in [5, 5.41) is 3.72. The van der Waals surface area contributed by atoms with Gasteiger partial charge in [0.15, 0.2) is 0 Å². The van der Waals surface area contributed by atoms with Crippen LogP contribution in [0.4, 0.5) is 0 Å². The zero-order valence-corrected chi connectivity index (χ0v) is 13.1. The summed E-state index contributed by atoms with van der Waals surface area (Å²) >= 11 is 0. The first-order valence-corrected chi connectivity index (χ1v) is 8.27. The third-order valence-electron chi connectivity index (χ3n) is 4.77. The van der Waals surface area contributed by atoms with E-state index in [1.54, 1.807) is 5.57 Å². The van der Waals surface area contributed by atoms with Crippen LogP contribution in [0.3, 0.4) is 0 Å². The first kappa shape index (κ1) is 15.1. The fourth-order valence-corrected chi connectivity index (χ4v) is 3.83. The number of hydrogen-bond acceptors (Lipinski definition) is 2. The third kappa shape index (κ3) is 4.92. The van der Waals surface area contributed by atoms with Gasteiger partial charge in [-0.25, -0.2) is 0 Å². The van der Waals surface area contributed by atoms with Crippen molar-refractivity contribution in [2.45, 2.75) is 58.9 Å². The van der Waals surface area contributed by atoms with Gasteiger partial charge in [-0.05, 0) is 71.0 Å². The van der Waals surface area contributed by atoms with Crippen molar-refractivity contribution in [1.29, 1.82) is 0 Å². The van der Waals surface area contributed by atoms with Crippen LogP contribution in [0.1, 0.15) is 52.9 Å². The molecule has 3 unspecified atom stereocenters. The van der Waals surface area contributed by atoms with Crippen LogP contribution in [-0.2, 0) is 0 Å². The molecule has 0 spiro atoms. The van der Waals surface area contributed by atoms with Crippen LogP contribution in [0, 0.1) is 11.8 Å². The average molecular weight is 264 g/mol. The first-order chi connectivity index (χ1) is 9.15. The summed E-state index contributed by atoms with van der Waals surface area (Å²) in [6, 6.07) is 0.706. The zero-order chi connectivity index (χ0) is 13.7. The highest BCUT2D eigenvalue weighted by molar-refractivity contribution is 5.06. The van der Waals surface area contributed by atoms with Gasteiger partial charge in [-0.2, -0.15) is 0 Å². The van der Waals surface area contributed by atoms with Gasteiger partial charge in [-0.3, -0.25) is 4.90 Å². The molecular weight excluding hydrogens is 232 g/mol. The smallest absolute Gasteiger partial charge is 0.0192 e. The fraction of sp³-hybridized carbons (Fsp3) is 0.882. The Labute approximate surface area is 119 Å². The van der Waals surface area contributed by atoms with E-state index in [1.165, 1.54) is 51.7 Å². The normalized spacial score (nSPS) is 31.0. The predicted molar refractivity (Wildman–Crippen MR) is 83.4 cm³/mol. The van der Waals surface area contributed by atoms with E-state index in [2.05, 4.69) is 37.1 Å². The maximum atomic E-state index is 3.72. The van der Waals surface area contributed by atoms with Crippen molar-refractivity contribution in [2.24, 2.45) is 11.8 Å². The molecule has 0 aromatic rings. The van der Waals surface area contributed by atoms with Crippen molar-refractivity contribution in [2.75, 3.05) is 26.2 Å². The predicted octanol–water partition coefficient (Wildman–Crippen LogP) is 3.44. The minimum absolute atomic E-state index is 0.706. The molecule has 1 saturated heterocycles. The summed E-state index contributed by atoms with van der Waals surface area (Å²) in [6.45, 7) is 12.0. The van der Waals surface area contributed by atoms with Crippen molar-refractivity contribution in [1.82, 2.24) is 10.2 Å². The van der Waals surface area contributed by atoms with Gasteiger partial charge < -0.3 is 5.32 Å². The van der Waals surface area contributed by atoms with Crippen LogP contribution in [0.25, 0.3) is 0 Å². The van der Waals surface area contributed by atoms with Crippen LogP contribution < -0.4 is 5.32 Å². The number of nitrogens with one attached hydrogen (secondary N) is 1. The SMILES string of the molecule is CC1=CC(C)CC(CNCC(C)N2CCCCC2)C1. The highest BCUT2D eigenvalue weighted by Gasteiger charge is 2.19. The lowest BCUT2D eigenvalue weighted by atomic mass is 9.84. The maximum Gasteiger partial charge on any atom is 0.0192 e. The second-order valence-corrected chi connectivity index (χ2v) is 6.90. The summed E-state index contributed by atoms with van der Waals surface area (Å²) in [6.07, 6.45) is 9.34. The second-order valence-electron chi connectivity index (χ2n) is 6.90. The topological polar surface area (TPSA) is 15.3 Å². The molecule has 0 amide bonds. The Morgan fingerprint density at radius 1 is 1.32 bits per heavy atom. The molecule has 19 heavy (non-hydrogen) atoms. The van der Waals surface area contributed by atoms with E-state index in [0.29, 0.717) is 6.04 Å². The van der Waals surface area contributed by atoms with Gasteiger partial charge in [0.1, 0.15) is 0 Å². The number of nitrogens with zero attached hydrogens (tertiary/aromatic N) is 1. The molecule has 0 bridgehead atoms. The molecule has 1 fully saturated rings. The van der Waals surface area contributed by atoms with Crippen LogP contribution in [0.2, 0.25) is 0 Å². The molecule has 2 nitrogen and oxygen atoms in total. The summed E-state index contributed by atoms with van der Waals surface area (Å²) in [7, 11) is 0. The monoisotopic (exact) mass is 264 g/mol. The second kappa shape index (κ2) is 7.44. The van der Waals surface area contributed by atoms with Crippen molar-refractivity contribution in [3.05, 3.63) is 11.6 Å². The molecule has 1 aliphatic heterocycles. The summed E-state index contributed by atoms with van der Waals surface area (Å²) < 4.78 is 0. The first-order valence-electron chi connectivity index (χ1n) is 8.27. The third-order valence-corrected chi connectivity index (χ3v) is 4.77. The summed E-state index contributed by atoms with van der Waals surface area (Å²) in [5.41, 5.74) is 1.59. The minimum Gasteiger partial charge on any atom is -0.315 e. The van der Waals surface area contributed by atoms with Gasteiger partial charge in [0.2, 0.25) is 0 Å². The van der Waals surface area contributed by atoms with Crippen LogP contribution >= 0.6 is 0 Å². The zero-order valence-electron chi connectivity index (χ0n) is 13.1. The van der Waals surface area contributed by atoms with Gasteiger partial charge in [0.25, 0.3) is 0 Å². The Balaban J connectivity index is 1.64. The molecule has 1 heterocycles. The number of likely N-dealkylation sites (tertiary alicyclic amines) is 1. The van der Waals surface area contributed by atoms with Crippen molar-refractivity contribution >= 4 is 0 Å². The molecule has 2 heteroatoms. The van der Waals surface area contributed by atoms with Crippen LogP contribution in [-0.4, -0.2) is 37.1 Å². The lowest BCUT2D eigenvalue weighted by molar-refractivity contribution is 0.169. The van der Waals surface area contributed by atoms with E-state index in [-0.39, 0.29) is 0 Å². The highest BCUT2D eigenvalue weighted by Crippen LogP contribution is 2.27. The molecule has 3 atom stereocenters. The molecule has 1 aliphatic carbocycles. The van der Waals surface area contributed by atoms with E-state index in [1.807, 2.05) is 0 Å². The van der Waals surface area contributed by atoms with E-state index in [4.69, 9.17) is 0 Å². The Morgan fingerprint density at radius 2 is 2.05 bits per heavy atom. The number of rotatable bonds is 5. The van der Waals surface area contributed by atoms with Crippen LogP contribution in [0.15, 0.2) is 11.6 Å². The van der Waals surface area contributed by atoms with Gasteiger partial charge in [0, 0.05) is 12.6 Å².